The van der Waals surface area contributed by atoms with Gasteiger partial charge in [-0.2, -0.15) is 39.5 Å². The van der Waals surface area contributed by atoms with Crippen molar-refractivity contribution in [2.24, 2.45) is 11.8 Å². The van der Waals surface area contributed by atoms with Gasteiger partial charge in [0.05, 0.1) is 31.2 Å². The zero-order valence-corrected chi connectivity index (χ0v) is 23.8. The number of pyridine rings is 1. The van der Waals surface area contributed by atoms with E-state index >= 15 is 0 Å². The van der Waals surface area contributed by atoms with E-state index in [1.165, 1.54) is 6.42 Å². The Balaban J connectivity index is 0.000000413. The van der Waals surface area contributed by atoms with Crippen LogP contribution in [0, 0.1) is 11.8 Å². The van der Waals surface area contributed by atoms with Gasteiger partial charge in [0, 0.05) is 31.7 Å². The minimum atomic E-state index is -5.08. The maximum absolute atomic E-state index is 10.6. The maximum Gasteiger partial charge on any atom is 0.490 e. The molecule has 0 bridgehead atoms. The zero-order valence-electron chi connectivity index (χ0n) is 23.8. The lowest BCUT2D eigenvalue weighted by Crippen LogP contribution is -2.44. The molecule has 2 fully saturated rings. The molecule has 260 valence electrons. The Morgan fingerprint density at radius 3 is 1.89 bits per heavy atom. The molecule has 3 N–H and O–H groups in total. The first kappa shape index (κ1) is 40.1. The van der Waals surface area contributed by atoms with Crippen LogP contribution in [-0.4, -0.2) is 106 Å². The minimum Gasteiger partial charge on any atom is -0.475 e. The molecule has 3 atom stereocenters. The number of halogens is 9. The average molecular weight is 684 g/mol. The van der Waals surface area contributed by atoms with E-state index in [9.17, 15) is 39.5 Å². The van der Waals surface area contributed by atoms with Crippen LogP contribution in [0.1, 0.15) is 17.9 Å². The Morgan fingerprint density at radius 1 is 0.913 bits per heavy atom. The quantitative estimate of drug-likeness (QED) is 0.368. The second-order valence-corrected chi connectivity index (χ2v) is 9.83. The number of nitrogens with zero attached hydrogens (tertiary/aromatic N) is 3. The van der Waals surface area contributed by atoms with E-state index < -0.39 is 36.4 Å². The third-order valence-corrected chi connectivity index (χ3v) is 6.23. The first-order valence-corrected chi connectivity index (χ1v) is 13.0. The van der Waals surface area contributed by atoms with Gasteiger partial charge in [-0.3, -0.25) is 14.8 Å². The lowest BCUT2D eigenvalue weighted by atomic mass is 9.84. The van der Waals surface area contributed by atoms with E-state index in [-0.39, 0.29) is 0 Å². The molecule has 0 spiro atoms. The fourth-order valence-electron chi connectivity index (χ4n) is 4.19. The predicted molar refractivity (Wildman–Crippen MR) is 137 cm³/mol. The van der Waals surface area contributed by atoms with Crippen molar-refractivity contribution in [3.63, 3.8) is 0 Å². The first-order valence-electron chi connectivity index (χ1n) is 13.0. The SMILES string of the molecule is CN(Cc1ccco1)C[C@H]1OC[C@@H]2CCN(Cc3ccccn3)C[C@@H]21.O=C(O)C(F)(F)F.O=C(O)C(F)(F)F.O=C(O)C(F)(F)F. The third kappa shape index (κ3) is 15.4. The molecule has 4 heterocycles. The molecule has 2 aliphatic heterocycles. The molecule has 20 heteroatoms. The van der Waals surface area contributed by atoms with Crippen LogP contribution in [0.3, 0.4) is 0 Å². The summed E-state index contributed by atoms with van der Waals surface area (Å²) in [6, 6.07) is 10.1. The summed E-state index contributed by atoms with van der Waals surface area (Å²) in [5.41, 5.74) is 1.16. The molecule has 0 radical (unpaired) electrons. The van der Waals surface area contributed by atoms with Gasteiger partial charge in [0.2, 0.25) is 0 Å². The summed E-state index contributed by atoms with van der Waals surface area (Å²) in [5, 5.41) is 21.4. The van der Waals surface area contributed by atoms with Gasteiger partial charge in [-0.05, 0) is 50.2 Å². The second kappa shape index (κ2) is 17.7. The number of hydrogen-bond donors (Lipinski definition) is 3. The first-order chi connectivity index (χ1) is 21.1. The number of furan rings is 1. The Kier molecular flexibility index (Phi) is 15.4. The van der Waals surface area contributed by atoms with Crippen molar-refractivity contribution in [3.8, 4) is 0 Å². The molecule has 0 aromatic carbocycles. The molecule has 11 nitrogen and oxygen atoms in total. The van der Waals surface area contributed by atoms with Gasteiger partial charge < -0.3 is 24.5 Å². The van der Waals surface area contributed by atoms with Crippen LogP contribution < -0.4 is 0 Å². The topological polar surface area (TPSA) is 154 Å². The summed E-state index contributed by atoms with van der Waals surface area (Å²) in [7, 11) is 2.15. The summed E-state index contributed by atoms with van der Waals surface area (Å²) in [4.78, 5) is 36.0. The Morgan fingerprint density at radius 2 is 1.46 bits per heavy atom. The lowest BCUT2D eigenvalue weighted by molar-refractivity contribution is -0.193. The van der Waals surface area contributed by atoms with Crippen molar-refractivity contribution in [2.75, 3.05) is 33.3 Å². The molecular formula is C26H30F9N3O8. The highest BCUT2D eigenvalue weighted by molar-refractivity contribution is 5.73. The summed E-state index contributed by atoms with van der Waals surface area (Å²) >= 11 is 0. The van der Waals surface area contributed by atoms with Crippen LogP contribution in [-0.2, 0) is 32.2 Å². The van der Waals surface area contributed by atoms with Crippen LogP contribution in [0.25, 0.3) is 0 Å². The van der Waals surface area contributed by atoms with Crippen molar-refractivity contribution in [1.82, 2.24) is 14.8 Å². The van der Waals surface area contributed by atoms with Crippen LogP contribution in [0.15, 0.2) is 47.2 Å². The van der Waals surface area contributed by atoms with Crippen LogP contribution in [0.2, 0.25) is 0 Å². The molecule has 0 aliphatic carbocycles. The number of carboxylic acid groups (broad SMARTS) is 3. The van der Waals surface area contributed by atoms with Crippen LogP contribution in [0.5, 0.6) is 0 Å². The number of likely N-dealkylation sites (tertiary alicyclic amines) is 1. The number of likely N-dealkylation sites (N-methyl/N-ethyl adjacent to an activating group) is 1. The fourth-order valence-corrected chi connectivity index (χ4v) is 4.19. The van der Waals surface area contributed by atoms with Gasteiger partial charge in [0.25, 0.3) is 0 Å². The summed E-state index contributed by atoms with van der Waals surface area (Å²) in [6.07, 6.45) is -10.1. The molecule has 4 rings (SSSR count). The standard InChI is InChI=1S/C20H27N3O2.3C2HF3O2/c1-22(12-18-6-4-10-24-18)14-20-19-13-23(9-7-16(19)15-25-20)11-17-5-2-3-8-21-17;3*3-2(4,5)1(6)7/h2-6,8,10,16,19-20H,7,9,11-15H2,1H3;3*(H,6,7)/t16-,19-,20+;;;/m0.../s1. The van der Waals surface area contributed by atoms with Gasteiger partial charge in [-0.25, -0.2) is 14.4 Å². The monoisotopic (exact) mass is 683 g/mol. The molecule has 2 aliphatic rings. The van der Waals surface area contributed by atoms with E-state index in [0.29, 0.717) is 17.9 Å². The maximum atomic E-state index is 10.6. The summed E-state index contributed by atoms with van der Waals surface area (Å²) in [5.74, 6) is -5.93. The zero-order chi connectivity index (χ0) is 35.3. The number of hydrogen-bond acceptors (Lipinski definition) is 8. The number of ether oxygens (including phenoxy) is 1. The second-order valence-electron chi connectivity index (χ2n) is 9.83. The Bertz CT molecular complexity index is 1150. The van der Waals surface area contributed by atoms with E-state index in [1.807, 2.05) is 24.4 Å². The number of aromatic nitrogens is 1. The fraction of sp³-hybridized carbons (Fsp3) is 0.538. The van der Waals surface area contributed by atoms with Gasteiger partial charge in [-0.15, -0.1) is 0 Å². The molecule has 2 aromatic heterocycles. The summed E-state index contributed by atoms with van der Waals surface area (Å²) in [6.45, 7) is 5.91. The number of aliphatic carboxylic acids is 3. The van der Waals surface area contributed by atoms with Crippen molar-refractivity contribution >= 4 is 17.9 Å². The highest BCUT2D eigenvalue weighted by atomic mass is 19.4. The van der Waals surface area contributed by atoms with Crippen molar-refractivity contribution < 1.29 is 78.4 Å². The van der Waals surface area contributed by atoms with Gasteiger partial charge in [0.1, 0.15) is 5.76 Å². The number of piperidine rings is 1. The number of rotatable bonds is 6. The highest BCUT2D eigenvalue weighted by Gasteiger charge is 2.42. The largest absolute Gasteiger partial charge is 0.490 e. The van der Waals surface area contributed by atoms with E-state index in [4.69, 9.17) is 38.9 Å². The molecule has 0 unspecified atom stereocenters. The van der Waals surface area contributed by atoms with Crippen molar-refractivity contribution in [3.05, 3.63) is 54.2 Å². The molecule has 46 heavy (non-hydrogen) atoms. The Labute approximate surface area is 255 Å². The highest BCUT2D eigenvalue weighted by Crippen LogP contribution is 2.35. The molecule has 2 saturated heterocycles. The molecule has 0 amide bonds. The molecule has 0 saturated carbocycles. The van der Waals surface area contributed by atoms with Crippen LogP contribution >= 0.6 is 0 Å². The van der Waals surface area contributed by atoms with Gasteiger partial charge in [-0.1, -0.05) is 6.07 Å². The molecule has 2 aromatic rings. The number of carboxylic acids is 3. The van der Waals surface area contributed by atoms with Gasteiger partial charge in [0.15, 0.2) is 0 Å². The van der Waals surface area contributed by atoms with E-state index in [0.717, 1.165) is 50.8 Å². The lowest BCUT2D eigenvalue weighted by Gasteiger charge is -2.36. The average Bonchev–Trinajstić information content (AvgIpc) is 3.58. The summed E-state index contributed by atoms with van der Waals surface area (Å²) < 4.78 is 107. The number of carbonyl (C=O) groups is 3. The third-order valence-electron chi connectivity index (χ3n) is 6.23. The molecular weight excluding hydrogens is 653 g/mol. The minimum absolute atomic E-state index is 0.316. The Hall–Kier alpha value is -3.91. The van der Waals surface area contributed by atoms with E-state index in [1.54, 1.807) is 6.26 Å². The number of alkyl halides is 9. The number of fused-ring (bicyclic) bond motifs is 1. The van der Waals surface area contributed by atoms with E-state index in [2.05, 4.69) is 34.0 Å². The predicted octanol–water partition coefficient (Wildman–Crippen LogP) is 4.54. The smallest absolute Gasteiger partial charge is 0.475 e. The van der Waals surface area contributed by atoms with Gasteiger partial charge >= 0.3 is 36.4 Å². The van der Waals surface area contributed by atoms with Crippen LogP contribution in [0.4, 0.5) is 39.5 Å². The normalized spacial score (nSPS) is 19.8. The van der Waals surface area contributed by atoms with Crippen molar-refractivity contribution in [2.45, 2.75) is 44.1 Å². The van der Waals surface area contributed by atoms with Crippen molar-refractivity contribution in [1.29, 1.82) is 0 Å².